The second-order valence-corrected chi connectivity index (χ2v) is 19.6. The number of amides is 1. The van der Waals surface area contributed by atoms with Gasteiger partial charge in [0.05, 0.1) is 30.1 Å². The molecular weight excluding hydrogens is 795 g/mol. The van der Waals surface area contributed by atoms with Gasteiger partial charge in [0.1, 0.15) is 6.54 Å². The number of rotatable bonds is 16. The minimum atomic E-state index is -4.36. The van der Waals surface area contributed by atoms with Gasteiger partial charge in [0.25, 0.3) is 10.1 Å². The first-order valence-corrected chi connectivity index (χ1v) is 24.1. The van der Waals surface area contributed by atoms with Gasteiger partial charge in [-0.1, -0.05) is 77.3 Å². The van der Waals surface area contributed by atoms with Crippen LogP contribution in [0.1, 0.15) is 104 Å². The van der Waals surface area contributed by atoms with Crippen LogP contribution in [-0.4, -0.2) is 80.0 Å². The second-order valence-electron chi connectivity index (χ2n) is 18.1. The number of para-hydroxylation sites is 1. The van der Waals surface area contributed by atoms with Gasteiger partial charge in [-0.15, -0.1) is 0 Å². The molecule has 0 aromatic heterocycles. The zero-order chi connectivity index (χ0) is 44.1. The molecule has 1 amide bonds. The van der Waals surface area contributed by atoms with Crippen LogP contribution in [0.2, 0.25) is 0 Å². The van der Waals surface area contributed by atoms with Gasteiger partial charge in [0, 0.05) is 77.6 Å². The molecule has 7 rings (SSSR count). The van der Waals surface area contributed by atoms with E-state index in [0.717, 1.165) is 112 Å². The molecule has 330 valence electrons. The summed E-state index contributed by atoms with van der Waals surface area (Å²) in [5, 5.41) is 6.91. The van der Waals surface area contributed by atoms with E-state index >= 15 is 0 Å². The minimum absolute atomic E-state index is 0.0364. The fourth-order valence-electron chi connectivity index (χ4n) is 9.50. The molecule has 1 fully saturated rings. The van der Waals surface area contributed by atoms with Crippen LogP contribution in [0.25, 0.3) is 0 Å². The maximum atomic E-state index is 12.9. The summed E-state index contributed by atoms with van der Waals surface area (Å²) < 4.78 is 42.5. The summed E-state index contributed by atoms with van der Waals surface area (Å²) >= 11 is 0. The Morgan fingerprint density at radius 2 is 1.58 bits per heavy atom. The predicted octanol–water partition coefficient (Wildman–Crippen LogP) is 10.3. The molecule has 0 radical (unpaired) electrons. The van der Waals surface area contributed by atoms with Gasteiger partial charge in [0.2, 0.25) is 11.6 Å². The Labute approximate surface area is 369 Å². The van der Waals surface area contributed by atoms with Crippen LogP contribution in [0.5, 0.6) is 0 Å². The van der Waals surface area contributed by atoms with Crippen LogP contribution < -0.4 is 15.5 Å². The lowest BCUT2D eigenvalue weighted by molar-refractivity contribution is -0.438. The number of anilines is 3. The first-order valence-electron chi connectivity index (χ1n) is 22.7. The molecule has 3 aliphatic heterocycles. The van der Waals surface area contributed by atoms with E-state index in [2.05, 4.69) is 115 Å². The standard InChI is InChI=1S/C51H65N5O5S/c1-7-9-13-30-56-45-26-25-41(62(58,59)60)35-43(45)51(5,6)47(56)28-20-38-16-14-15-37(19-27-46-50(3,4)42-17-11-12-18-44(42)55(46)29-10-8-2)49(38)53-40-23-21-39(22-24-40)52-48(57)36-54-31-33-61-34-32-54/h11-12,17-28,35H,7-10,13-16,29-34,36H2,1-6H3,(H2,52,57,58,59,60)/p+1. The molecule has 4 aliphatic rings. The van der Waals surface area contributed by atoms with E-state index in [1.54, 1.807) is 6.07 Å². The number of ether oxygens (including phenoxy) is 1. The lowest BCUT2D eigenvalue weighted by Gasteiger charge is -2.28. The van der Waals surface area contributed by atoms with Crippen molar-refractivity contribution in [1.29, 1.82) is 0 Å². The average Bonchev–Trinajstić information content (AvgIpc) is 3.60. The average molecular weight is 861 g/mol. The van der Waals surface area contributed by atoms with Gasteiger partial charge in [-0.05, 0) is 105 Å². The highest BCUT2D eigenvalue weighted by molar-refractivity contribution is 7.85. The third kappa shape index (κ3) is 9.86. The van der Waals surface area contributed by atoms with Gasteiger partial charge in [-0.25, -0.2) is 0 Å². The van der Waals surface area contributed by atoms with Gasteiger partial charge >= 0.3 is 0 Å². The topological polar surface area (TPSA) is 114 Å². The van der Waals surface area contributed by atoms with Crippen molar-refractivity contribution < 1.29 is 27.1 Å². The van der Waals surface area contributed by atoms with Crippen LogP contribution in [0.3, 0.4) is 0 Å². The summed E-state index contributed by atoms with van der Waals surface area (Å²) in [5.74, 6) is -0.0364. The van der Waals surface area contributed by atoms with Crippen LogP contribution in [0, 0.1) is 0 Å². The molecule has 1 saturated heterocycles. The van der Waals surface area contributed by atoms with E-state index in [1.807, 2.05) is 30.3 Å². The monoisotopic (exact) mass is 860 g/mol. The smallest absolute Gasteiger partial charge is 0.294 e. The van der Waals surface area contributed by atoms with Gasteiger partial charge < -0.3 is 20.3 Å². The lowest BCUT2D eigenvalue weighted by Crippen LogP contribution is -2.41. The van der Waals surface area contributed by atoms with E-state index in [-0.39, 0.29) is 16.2 Å². The number of carbonyl (C=O) groups excluding carboxylic acids is 1. The second kappa shape index (κ2) is 19.3. The molecule has 62 heavy (non-hydrogen) atoms. The van der Waals surface area contributed by atoms with Crippen LogP contribution in [0.4, 0.5) is 22.7 Å². The number of fused-ring (bicyclic) bond motifs is 2. The van der Waals surface area contributed by atoms with Crippen molar-refractivity contribution in [3.8, 4) is 0 Å². The molecule has 0 atom stereocenters. The summed E-state index contributed by atoms with van der Waals surface area (Å²) in [6, 6.07) is 21.8. The Morgan fingerprint density at radius 1 is 0.855 bits per heavy atom. The molecule has 3 aromatic carbocycles. The number of benzene rings is 3. The molecule has 1 aliphatic carbocycles. The lowest BCUT2D eigenvalue weighted by atomic mass is 9.81. The summed E-state index contributed by atoms with van der Waals surface area (Å²) in [5.41, 5.74) is 11.4. The van der Waals surface area contributed by atoms with E-state index in [1.165, 1.54) is 34.2 Å². The maximum absolute atomic E-state index is 12.9. The van der Waals surface area contributed by atoms with Crippen molar-refractivity contribution in [2.24, 2.45) is 0 Å². The van der Waals surface area contributed by atoms with Crippen molar-refractivity contribution in [1.82, 2.24) is 4.90 Å². The number of hydrogen-bond acceptors (Lipinski definition) is 7. The number of morpholine rings is 1. The molecule has 3 aromatic rings. The maximum Gasteiger partial charge on any atom is 0.294 e. The molecule has 3 N–H and O–H groups in total. The number of nitrogens with one attached hydrogen (secondary N) is 2. The molecule has 3 heterocycles. The minimum Gasteiger partial charge on any atom is -0.379 e. The third-order valence-electron chi connectivity index (χ3n) is 13.0. The van der Waals surface area contributed by atoms with E-state index < -0.39 is 15.5 Å². The van der Waals surface area contributed by atoms with Gasteiger partial charge in [-0.3, -0.25) is 14.2 Å². The number of hydrogen-bond donors (Lipinski definition) is 3. The molecular formula is C51H66N5O5S+. The Morgan fingerprint density at radius 3 is 2.31 bits per heavy atom. The van der Waals surface area contributed by atoms with E-state index in [0.29, 0.717) is 19.8 Å². The van der Waals surface area contributed by atoms with Crippen LogP contribution in [-0.2, 0) is 30.5 Å². The molecule has 0 saturated carbocycles. The number of nitrogens with zero attached hydrogens (tertiary/aromatic N) is 3. The van der Waals surface area contributed by atoms with Crippen LogP contribution in [0.15, 0.2) is 118 Å². The van der Waals surface area contributed by atoms with Gasteiger partial charge in [-0.2, -0.15) is 13.0 Å². The van der Waals surface area contributed by atoms with E-state index in [9.17, 15) is 17.8 Å². The van der Waals surface area contributed by atoms with Crippen molar-refractivity contribution in [3.05, 3.63) is 125 Å². The molecule has 0 unspecified atom stereocenters. The Balaban J connectivity index is 1.27. The van der Waals surface area contributed by atoms with Gasteiger partial charge in [0.15, 0.2) is 5.71 Å². The zero-order valence-corrected chi connectivity index (χ0v) is 38.4. The zero-order valence-electron chi connectivity index (χ0n) is 37.6. The number of carbonyl (C=O) groups is 1. The van der Waals surface area contributed by atoms with Crippen molar-refractivity contribution in [2.45, 2.75) is 109 Å². The number of unbranched alkanes of at least 4 members (excludes halogenated alkanes) is 3. The molecule has 10 nitrogen and oxygen atoms in total. The Kier molecular flexibility index (Phi) is 14.1. The normalized spacial score (nSPS) is 20.1. The molecule has 0 bridgehead atoms. The summed E-state index contributed by atoms with van der Waals surface area (Å²) in [6.07, 6.45) is 17.3. The Hall–Kier alpha value is -4.81. The fourth-order valence-corrected chi connectivity index (χ4v) is 10.0. The SMILES string of the molecule is CCCCCN1C(=CC=C2CCCC(C=CC3=[N+](CCCC)c4ccccc4C3(C)C)=C2Nc2ccc(NC(=O)CN3CCOCC3)cc2)C(C)(C)c2cc(S(=O)(=O)O)ccc21. The first-order chi connectivity index (χ1) is 29.7. The highest BCUT2D eigenvalue weighted by Crippen LogP contribution is 2.49. The highest BCUT2D eigenvalue weighted by Gasteiger charge is 2.44. The van der Waals surface area contributed by atoms with E-state index in [4.69, 9.17) is 4.74 Å². The summed E-state index contributed by atoms with van der Waals surface area (Å²) in [7, 11) is -4.36. The largest absolute Gasteiger partial charge is 0.379 e. The first kappa shape index (κ1) is 45.2. The van der Waals surface area contributed by atoms with Crippen LogP contribution >= 0.6 is 0 Å². The number of allylic oxidation sites excluding steroid dienone is 7. The summed E-state index contributed by atoms with van der Waals surface area (Å²) in [4.78, 5) is 17.3. The third-order valence-corrected chi connectivity index (χ3v) is 13.9. The molecule has 0 spiro atoms. The fraction of sp³-hybridized carbons (Fsp3) is 0.451. The quantitative estimate of drug-likeness (QED) is 0.0741. The predicted molar refractivity (Wildman–Crippen MR) is 252 cm³/mol. The Bertz CT molecular complexity index is 2400. The van der Waals surface area contributed by atoms with Crippen molar-refractivity contribution in [2.75, 3.05) is 61.5 Å². The van der Waals surface area contributed by atoms with Crippen molar-refractivity contribution in [3.63, 3.8) is 0 Å². The summed E-state index contributed by atoms with van der Waals surface area (Å²) in [6.45, 7) is 18.3. The highest BCUT2D eigenvalue weighted by atomic mass is 32.2. The molecule has 11 heteroatoms. The van der Waals surface area contributed by atoms with Crippen molar-refractivity contribution >= 4 is 44.5 Å².